The molecular formula is C33H59N7O2S. The minimum atomic E-state index is 0.0387. The van der Waals surface area contributed by atoms with Crippen molar-refractivity contribution in [2.45, 2.75) is 63.0 Å². The number of benzene rings is 2. The Morgan fingerprint density at radius 3 is 1.93 bits per heavy atom. The molecule has 0 saturated heterocycles. The highest BCUT2D eigenvalue weighted by Gasteiger charge is 2.42. The number of amidine groups is 1. The summed E-state index contributed by atoms with van der Waals surface area (Å²) in [5, 5.41) is 16.8. The summed E-state index contributed by atoms with van der Waals surface area (Å²) in [5.74, 6) is 0.697. The number of nitrogens with one attached hydrogen (secondary N) is 3. The second-order valence-electron chi connectivity index (χ2n) is 8.43. The van der Waals surface area contributed by atoms with Crippen LogP contribution in [0, 0.1) is 0 Å². The van der Waals surface area contributed by atoms with Crippen LogP contribution in [0.2, 0.25) is 0 Å². The summed E-state index contributed by atoms with van der Waals surface area (Å²) < 4.78 is 0.0387. The number of carbonyl (C=O) groups is 1. The van der Waals surface area contributed by atoms with Crippen LogP contribution in [-0.2, 0) is 4.79 Å². The molecule has 9 nitrogen and oxygen atoms in total. The van der Waals surface area contributed by atoms with Crippen LogP contribution in [-0.4, -0.2) is 76.7 Å². The van der Waals surface area contributed by atoms with E-state index in [-0.39, 0.29) is 17.8 Å². The normalized spacial score (nSPS) is 12.6. The number of anilines is 1. The van der Waals surface area contributed by atoms with Gasteiger partial charge in [-0.15, -0.1) is 11.8 Å². The fraction of sp³-hybridized carbons (Fsp3) is 0.485. The second kappa shape index (κ2) is 31.9. The first-order valence-electron chi connectivity index (χ1n) is 14.9. The van der Waals surface area contributed by atoms with Gasteiger partial charge in [-0.05, 0) is 104 Å². The minimum Gasteiger partial charge on any atom is -0.395 e. The first-order chi connectivity index (χ1) is 20.9. The number of hydrogen-bond acceptors (Lipinski definition) is 8. The molecule has 244 valence electrons. The standard InChI is InChI=1S/C24H29N3S.C3H9NO.C2H7N.C2H6.CH3NO.CH5N/c1-4-10-22(24(17-9-18-24)28-21-11-7-6-8-12-21)27-23(25-3)19-13-15-20(16-14-19)26-5-2;1-4-2-3-5;1-3-2;1-2;2-1-3;1-2/h6-8,10-16,26H,3-5,9,17-18H2,1-2H3;4-5H,2-3H2,1H3;3H,1-2H3;1-2H3;1H,(H2,2,3);2H2,1H3/b22-10-,27-23?;;;;;. The first kappa shape index (κ1) is 44.4. The lowest BCUT2D eigenvalue weighted by molar-refractivity contribution is -0.106. The molecule has 3 rings (SSSR count). The van der Waals surface area contributed by atoms with Gasteiger partial charge in [0.15, 0.2) is 5.84 Å². The topological polar surface area (TPSA) is 150 Å². The molecule has 8 N–H and O–H groups in total. The van der Waals surface area contributed by atoms with E-state index in [2.05, 4.69) is 114 Å². The van der Waals surface area contributed by atoms with Crippen molar-refractivity contribution < 1.29 is 9.90 Å². The molecule has 0 unspecified atom stereocenters. The fourth-order valence-corrected chi connectivity index (χ4v) is 4.98. The van der Waals surface area contributed by atoms with E-state index in [1.165, 1.54) is 18.4 Å². The highest BCUT2D eigenvalue weighted by molar-refractivity contribution is 8.01. The van der Waals surface area contributed by atoms with Crippen LogP contribution in [0.1, 0.15) is 58.9 Å². The summed E-state index contributed by atoms with van der Waals surface area (Å²) in [5.41, 5.74) is 11.9. The van der Waals surface area contributed by atoms with Gasteiger partial charge in [0.05, 0.1) is 17.1 Å². The maximum absolute atomic E-state index is 8.58. The molecule has 43 heavy (non-hydrogen) atoms. The van der Waals surface area contributed by atoms with Crippen molar-refractivity contribution in [1.82, 2.24) is 10.6 Å². The first-order valence-corrected chi connectivity index (χ1v) is 15.7. The molecule has 0 bridgehead atoms. The molecule has 2 aromatic rings. The van der Waals surface area contributed by atoms with Crippen molar-refractivity contribution in [2.75, 3.05) is 53.2 Å². The van der Waals surface area contributed by atoms with Gasteiger partial charge in [-0.25, -0.2) is 9.98 Å². The Bertz CT molecular complexity index is 963. The third-order valence-electron chi connectivity index (χ3n) is 5.34. The molecule has 1 saturated carbocycles. The lowest BCUT2D eigenvalue weighted by Gasteiger charge is -2.41. The van der Waals surface area contributed by atoms with Crippen molar-refractivity contribution in [3.8, 4) is 0 Å². The second-order valence-corrected chi connectivity index (χ2v) is 9.88. The Labute approximate surface area is 266 Å². The smallest absolute Gasteiger partial charge is 0.204 e. The summed E-state index contributed by atoms with van der Waals surface area (Å²) >= 11 is 1.94. The highest BCUT2D eigenvalue weighted by Crippen LogP contribution is 2.53. The number of aliphatic imine (C=N–C) groups is 2. The number of thioether (sulfide) groups is 1. The van der Waals surface area contributed by atoms with Gasteiger partial charge >= 0.3 is 0 Å². The van der Waals surface area contributed by atoms with E-state index in [9.17, 15) is 0 Å². The summed E-state index contributed by atoms with van der Waals surface area (Å²) in [4.78, 5) is 19.2. The maximum Gasteiger partial charge on any atom is 0.204 e. The van der Waals surface area contributed by atoms with Gasteiger partial charge in [0.1, 0.15) is 0 Å². The average Bonchev–Trinajstić information content (AvgIpc) is 3.02. The van der Waals surface area contributed by atoms with Gasteiger partial charge < -0.3 is 32.5 Å². The summed E-state index contributed by atoms with van der Waals surface area (Å²) in [6.07, 6.45) is 7.00. The van der Waals surface area contributed by atoms with Crippen molar-refractivity contribution in [2.24, 2.45) is 21.5 Å². The third-order valence-corrected chi connectivity index (χ3v) is 6.86. The Morgan fingerprint density at radius 2 is 1.58 bits per heavy atom. The number of rotatable bonds is 10. The SMILES string of the molecule is C=NC(=N/C(=C\CC)C1(Sc2ccccc2)CCC1)c1ccc(NCC)cc1.CC.CN.CNC.CNCCO.NC=O. The molecule has 0 heterocycles. The number of amides is 1. The van der Waals surface area contributed by atoms with E-state index in [1.54, 1.807) is 7.05 Å². The summed E-state index contributed by atoms with van der Waals surface area (Å²) in [6, 6.07) is 18.9. The van der Waals surface area contributed by atoms with Gasteiger partial charge in [0.2, 0.25) is 6.41 Å². The Hall–Kier alpha value is -3.02. The number of carbonyl (C=O) groups excluding carboxylic acids is 1. The van der Waals surface area contributed by atoms with Crippen molar-refractivity contribution in [3.05, 3.63) is 71.9 Å². The maximum atomic E-state index is 8.58. The van der Waals surface area contributed by atoms with Crippen LogP contribution in [0.25, 0.3) is 0 Å². The van der Waals surface area contributed by atoms with Crippen molar-refractivity contribution in [3.63, 3.8) is 0 Å². The molecule has 1 aliphatic rings. The Balaban J connectivity index is -0.000000902. The molecule has 1 fully saturated rings. The highest BCUT2D eigenvalue weighted by atomic mass is 32.2. The minimum absolute atomic E-state index is 0.0387. The van der Waals surface area contributed by atoms with Gasteiger partial charge in [-0.2, -0.15) is 0 Å². The van der Waals surface area contributed by atoms with E-state index in [1.807, 2.05) is 39.7 Å². The molecule has 1 aliphatic carbocycles. The lowest BCUT2D eigenvalue weighted by atomic mass is 9.81. The van der Waals surface area contributed by atoms with Crippen LogP contribution >= 0.6 is 11.8 Å². The number of nitrogens with two attached hydrogens (primary N) is 2. The molecule has 0 aromatic heterocycles. The van der Waals surface area contributed by atoms with Gasteiger partial charge in [0, 0.05) is 29.2 Å². The van der Waals surface area contributed by atoms with Crippen LogP contribution in [0.15, 0.2) is 81.3 Å². The van der Waals surface area contributed by atoms with E-state index in [0.29, 0.717) is 12.4 Å². The lowest BCUT2D eigenvalue weighted by Crippen LogP contribution is -2.35. The monoisotopic (exact) mass is 617 g/mol. The predicted octanol–water partition coefficient (Wildman–Crippen LogP) is 5.31. The average molecular weight is 618 g/mol. The third kappa shape index (κ3) is 19.7. The van der Waals surface area contributed by atoms with Crippen molar-refractivity contribution >= 4 is 36.4 Å². The molecule has 0 spiro atoms. The Morgan fingerprint density at radius 1 is 1.05 bits per heavy atom. The van der Waals surface area contributed by atoms with Gasteiger partial charge in [-0.1, -0.05) is 45.0 Å². The Kier molecular flexibility index (Phi) is 33.0. The number of nitrogens with zero attached hydrogens (tertiary/aromatic N) is 2. The molecule has 10 heteroatoms. The molecule has 2 aromatic carbocycles. The molecular weight excluding hydrogens is 558 g/mol. The number of primary amides is 1. The van der Waals surface area contributed by atoms with Crippen LogP contribution in [0.5, 0.6) is 0 Å². The quantitative estimate of drug-likeness (QED) is 0.120. The van der Waals surface area contributed by atoms with Gasteiger partial charge in [0.25, 0.3) is 0 Å². The largest absolute Gasteiger partial charge is 0.395 e. The number of aliphatic hydroxyl groups is 1. The van der Waals surface area contributed by atoms with Crippen molar-refractivity contribution in [1.29, 1.82) is 0 Å². The van der Waals surface area contributed by atoms with E-state index in [0.717, 1.165) is 42.8 Å². The fourth-order valence-electron chi connectivity index (χ4n) is 3.51. The van der Waals surface area contributed by atoms with Crippen LogP contribution in [0.3, 0.4) is 0 Å². The van der Waals surface area contributed by atoms with Crippen LogP contribution in [0.4, 0.5) is 5.69 Å². The zero-order valence-corrected chi connectivity index (χ0v) is 28.6. The molecule has 0 aliphatic heterocycles. The number of allylic oxidation sites excluding steroid dienone is 1. The molecule has 0 radical (unpaired) electrons. The van der Waals surface area contributed by atoms with E-state index >= 15 is 0 Å². The van der Waals surface area contributed by atoms with Crippen LogP contribution < -0.4 is 27.4 Å². The number of likely N-dealkylation sites (N-methyl/N-ethyl adjacent to an activating group) is 1. The zero-order chi connectivity index (χ0) is 33.4. The van der Waals surface area contributed by atoms with E-state index in [4.69, 9.17) is 14.9 Å². The number of aliphatic hydroxyl groups excluding tert-OH is 1. The van der Waals surface area contributed by atoms with E-state index < -0.39 is 0 Å². The van der Waals surface area contributed by atoms with Gasteiger partial charge in [-0.3, -0.25) is 4.79 Å². The number of hydrogen-bond donors (Lipinski definition) is 6. The predicted molar refractivity (Wildman–Crippen MR) is 192 cm³/mol. The summed E-state index contributed by atoms with van der Waals surface area (Å²) in [7, 11) is 7.05. The summed E-state index contributed by atoms with van der Waals surface area (Å²) in [6.45, 7) is 13.9. The zero-order valence-electron chi connectivity index (χ0n) is 27.8. The molecule has 1 amide bonds. The molecule has 0 atom stereocenters.